The summed E-state index contributed by atoms with van der Waals surface area (Å²) in [6.07, 6.45) is 9.15. The Hall–Kier alpha value is -1.36. The number of hydrogen-bond acceptors (Lipinski definition) is 3. The van der Waals surface area contributed by atoms with Crippen molar-refractivity contribution in [1.29, 1.82) is 0 Å². The highest BCUT2D eigenvalue weighted by atomic mass is 16.2. The summed E-state index contributed by atoms with van der Waals surface area (Å²) in [5, 5.41) is 0. The zero-order chi connectivity index (χ0) is 14.7. The van der Waals surface area contributed by atoms with Crippen molar-refractivity contribution in [2.75, 3.05) is 19.6 Å². The molecule has 5 nitrogen and oxygen atoms in total. The number of likely N-dealkylation sites (tertiary alicyclic amines) is 2. The van der Waals surface area contributed by atoms with Gasteiger partial charge in [0.15, 0.2) is 0 Å². The van der Waals surface area contributed by atoms with Crippen LogP contribution in [0.15, 0.2) is 12.4 Å². The first kappa shape index (κ1) is 14.6. The normalized spacial score (nSPS) is 21.4. The van der Waals surface area contributed by atoms with Gasteiger partial charge in [0.1, 0.15) is 5.82 Å². The van der Waals surface area contributed by atoms with Crippen molar-refractivity contribution in [2.24, 2.45) is 0 Å². The molecular formula is C16H26N4O. The second-order valence-corrected chi connectivity index (χ2v) is 6.23. The molecule has 2 fully saturated rings. The van der Waals surface area contributed by atoms with Gasteiger partial charge in [0.25, 0.3) is 0 Å². The number of nitrogens with zero attached hydrogens (tertiary/aromatic N) is 4. The highest BCUT2D eigenvalue weighted by Gasteiger charge is 2.30. The van der Waals surface area contributed by atoms with Gasteiger partial charge in [-0.05, 0) is 25.7 Å². The van der Waals surface area contributed by atoms with E-state index in [0.29, 0.717) is 11.9 Å². The third-order valence-electron chi connectivity index (χ3n) is 4.74. The van der Waals surface area contributed by atoms with Gasteiger partial charge >= 0.3 is 0 Å². The summed E-state index contributed by atoms with van der Waals surface area (Å²) >= 11 is 0. The predicted octanol–water partition coefficient (Wildman–Crippen LogP) is 1.88. The number of piperidine rings is 1. The highest BCUT2D eigenvalue weighted by molar-refractivity contribution is 5.78. The van der Waals surface area contributed by atoms with Crippen molar-refractivity contribution in [3.63, 3.8) is 0 Å². The molecule has 1 aromatic rings. The average molecular weight is 290 g/mol. The number of imidazole rings is 1. The monoisotopic (exact) mass is 290 g/mol. The molecule has 0 atom stereocenters. The molecule has 3 heterocycles. The number of carbonyl (C=O) groups is 1. The number of aryl methyl sites for hydroxylation is 1. The van der Waals surface area contributed by atoms with E-state index in [-0.39, 0.29) is 0 Å². The Labute approximate surface area is 126 Å². The van der Waals surface area contributed by atoms with Gasteiger partial charge in [-0.1, -0.05) is 6.92 Å². The van der Waals surface area contributed by atoms with Gasteiger partial charge < -0.3 is 9.47 Å². The van der Waals surface area contributed by atoms with Gasteiger partial charge in [0.2, 0.25) is 5.91 Å². The molecule has 0 unspecified atom stereocenters. The molecule has 21 heavy (non-hydrogen) atoms. The van der Waals surface area contributed by atoms with E-state index in [9.17, 15) is 4.79 Å². The average Bonchev–Trinajstić information content (AvgIpc) is 3.10. The van der Waals surface area contributed by atoms with Crippen molar-refractivity contribution >= 4 is 5.91 Å². The van der Waals surface area contributed by atoms with Crippen LogP contribution in [-0.4, -0.2) is 50.9 Å². The van der Waals surface area contributed by atoms with Crippen LogP contribution in [0.25, 0.3) is 0 Å². The lowest BCUT2D eigenvalue weighted by atomic mass is 10.0. The SMILES string of the molecule is CCCn1ccnc1CN1CCC(N2CCCC2=O)CC1. The van der Waals surface area contributed by atoms with Gasteiger partial charge in [0.05, 0.1) is 6.54 Å². The Kier molecular flexibility index (Phi) is 4.58. The van der Waals surface area contributed by atoms with E-state index in [1.165, 1.54) is 5.82 Å². The van der Waals surface area contributed by atoms with Gasteiger partial charge in [0, 0.05) is 51.0 Å². The van der Waals surface area contributed by atoms with Crippen molar-refractivity contribution in [3.05, 3.63) is 18.2 Å². The molecular weight excluding hydrogens is 264 g/mol. The largest absolute Gasteiger partial charge is 0.340 e. The fourth-order valence-electron chi connectivity index (χ4n) is 3.58. The van der Waals surface area contributed by atoms with E-state index in [1.807, 2.05) is 6.20 Å². The lowest BCUT2D eigenvalue weighted by Crippen LogP contribution is -2.45. The zero-order valence-corrected chi connectivity index (χ0v) is 13.0. The van der Waals surface area contributed by atoms with Crippen LogP contribution >= 0.6 is 0 Å². The molecule has 0 aromatic carbocycles. The standard InChI is InChI=1S/C16H26N4O/c1-2-8-19-12-7-17-15(19)13-18-10-5-14(6-11-18)20-9-3-4-16(20)21/h7,12,14H,2-6,8-11,13H2,1H3. The molecule has 0 aliphatic carbocycles. The number of rotatable bonds is 5. The second kappa shape index (κ2) is 6.60. The lowest BCUT2D eigenvalue weighted by Gasteiger charge is -2.36. The fraction of sp³-hybridized carbons (Fsp3) is 0.750. The maximum absolute atomic E-state index is 11.8. The Morgan fingerprint density at radius 2 is 2.10 bits per heavy atom. The first-order chi connectivity index (χ1) is 10.3. The minimum absolute atomic E-state index is 0.368. The lowest BCUT2D eigenvalue weighted by molar-refractivity contribution is -0.130. The molecule has 1 aromatic heterocycles. The molecule has 2 saturated heterocycles. The summed E-state index contributed by atoms with van der Waals surface area (Å²) in [4.78, 5) is 20.9. The molecule has 3 rings (SSSR count). The topological polar surface area (TPSA) is 41.4 Å². The van der Waals surface area contributed by atoms with E-state index in [1.54, 1.807) is 0 Å². The molecule has 2 aliphatic heterocycles. The molecule has 0 radical (unpaired) electrons. The molecule has 0 saturated carbocycles. The van der Waals surface area contributed by atoms with E-state index in [4.69, 9.17) is 0 Å². The van der Waals surface area contributed by atoms with Crippen LogP contribution in [0.1, 0.15) is 44.9 Å². The first-order valence-corrected chi connectivity index (χ1v) is 8.29. The molecule has 0 bridgehead atoms. The van der Waals surface area contributed by atoms with Gasteiger partial charge in [-0.3, -0.25) is 9.69 Å². The predicted molar refractivity (Wildman–Crippen MR) is 81.8 cm³/mol. The molecule has 5 heteroatoms. The number of carbonyl (C=O) groups excluding carboxylic acids is 1. The van der Waals surface area contributed by atoms with Crippen LogP contribution < -0.4 is 0 Å². The minimum atomic E-state index is 0.368. The number of aromatic nitrogens is 2. The molecule has 116 valence electrons. The van der Waals surface area contributed by atoms with E-state index in [2.05, 4.69) is 32.5 Å². The maximum Gasteiger partial charge on any atom is 0.222 e. The van der Waals surface area contributed by atoms with Crippen molar-refractivity contribution in [1.82, 2.24) is 19.4 Å². The van der Waals surface area contributed by atoms with E-state index in [0.717, 1.165) is 64.8 Å². The van der Waals surface area contributed by atoms with Crippen molar-refractivity contribution in [2.45, 2.75) is 58.2 Å². The Morgan fingerprint density at radius 1 is 1.29 bits per heavy atom. The van der Waals surface area contributed by atoms with Crippen molar-refractivity contribution < 1.29 is 4.79 Å². The molecule has 0 N–H and O–H groups in total. The summed E-state index contributed by atoms with van der Waals surface area (Å²) in [5.74, 6) is 1.54. The fourth-order valence-corrected chi connectivity index (χ4v) is 3.58. The first-order valence-electron chi connectivity index (χ1n) is 8.29. The third kappa shape index (κ3) is 3.28. The second-order valence-electron chi connectivity index (χ2n) is 6.23. The Morgan fingerprint density at radius 3 is 2.76 bits per heavy atom. The van der Waals surface area contributed by atoms with E-state index >= 15 is 0 Å². The Bertz CT molecular complexity index is 476. The van der Waals surface area contributed by atoms with Crippen LogP contribution in [0, 0.1) is 0 Å². The van der Waals surface area contributed by atoms with Crippen LogP contribution in [0.4, 0.5) is 0 Å². The molecule has 0 spiro atoms. The smallest absolute Gasteiger partial charge is 0.222 e. The van der Waals surface area contributed by atoms with Crippen LogP contribution in [0.5, 0.6) is 0 Å². The number of hydrogen-bond donors (Lipinski definition) is 0. The van der Waals surface area contributed by atoms with Crippen LogP contribution in [-0.2, 0) is 17.9 Å². The Balaban J connectivity index is 1.51. The van der Waals surface area contributed by atoms with Crippen LogP contribution in [0.3, 0.4) is 0 Å². The zero-order valence-electron chi connectivity index (χ0n) is 13.0. The summed E-state index contributed by atoms with van der Waals surface area (Å²) in [6.45, 7) is 7.31. The maximum atomic E-state index is 11.8. The van der Waals surface area contributed by atoms with Gasteiger partial charge in [-0.15, -0.1) is 0 Å². The molecule has 2 aliphatic rings. The summed E-state index contributed by atoms with van der Waals surface area (Å²) < 4.78 is 2.26. The van der Waals surface area contributed by atoms with Gasteiger partial charge in [-0.25, -0.2) is 4.98 Å². The van der Waals surface area contributed by atoms with Crippen LogP contribution in [0.2, 0.25) is 0 Å². The summed E-state index contributed by atoms with van der Waals surface area (Å²) in [6, 6.07) is 0.478. The summed E-state index contributed by atoms with van der Waals surface area (Å²) in [5.41, 5.74) is 0. The third-order valence-corrected chi connectivity index (χ3v) is 4.74. The minimum Gasteiger partial charge on any atom is -0.340 e. The van der Waals surface area contributed by atoms with Gasteiger partial charge in [-0.2, -0.15) is 0 Å². The summed E-state index contributed by atoms with van der Waals surface area (Å²) in [7, 11) is 0. The van der Waals surface area contributed by atoms with Crippen molar-refractivity contribution in [3.8, 4) is 0 Å². The molecule has 1 amide bonds. The number of amides is 1. The quantitative estimate of drug-likeness (QED) is 0.831. The van der Waals surface area contributed by atoms with E-state index < -0.39 is 0 Å². The highest BCUT2D eigenvalue weighted by Crippen LogP contribution is 2.22.